The molecule has 1 aromatic carbocycles. The van der Waals surface area contributed by atoms with E-state index in [4.69, 9.17) is 4.74 Å². The number of carbonyl (C=O) groups excluding carboxylic acids is 2. The topological polar surface area (TPSA) is 114 Å². The number of pyridine rings is 1. The van der Waals surface area contributed by atoms with Gasteiger partial charge in [-0.05, 0) is 55.7 Å². The Kier molecular flexibility index (Phi) is 6.18. The zero-order valence-corrected chi connectivity index (χ0v) is 17.3. The third-order valence-electron chi connectivity index (χ3n) is 4.81. The van der Waals surface area contributed by atoms with E-state index >= 15 is 0 Å². The standard InChI is InChI=1S/C20H22FN3O5S/c1-20(12-18(25)29-2,14-7-9-22-10-8-14)23-19(26)13-3-6-16(21)17(11-13)30(27,28)24-15-4-5-15/h3,6-11,15,24H,4-5,12H2,1-2H3,(H,23,26)/t20-/m0/s1. The van der Waals surface area contributed by atoms with Crippen LogP contribution in [-0.2, 0) is 25.1 Å². The normalized spacial score (nSPS) is 15.8. The fraction of sp³-hybridized carbons (Fsp3) is 0.350. The molecular weight excluding hydrogens is 413 g/mol. The molecule has 0 radical (unpaired) electrons. The van der Waals surface area contributed by atoms with Crippen molar-refractivity contribution in [3.63, 3.8) is 0 Å². The molecule has 160 valence electrons. The molecule has 0 aliphatic heterocycles. The first-order chi connectivity index (χ1) is 14.1. The number of hydrogen-bond acceptors (Lipinski definition) is 6. The van der Waals surface area contributed by atoms with E-state index < -0.39 is 38.2 Å². The molecule has 8 nitrogen and oxygen atoms in total. The molecule has 1 heterocycles. The van der Waals surface area contributed by atoms with Crippen LogP contribution in [0.2, 0.25) is 0 Å². The minimum atomic E-state index is -4.09. The number of halogens is 1. The number of ether oxygens (including phenoxy) is 1. The third kappa shape index (κ3) is 5.00. The van der Waals surface area contributed by atoms with E-state index in [-0.39, 0.29) is 18.0 Å². The molecule has 10 heteroatoms. The quantitative estimate of drug-likeness (QED) is 0.612. The molecule has 1 aromatic heterocycles. The van der Waals surface area contributed by atoms with Crippen LogP contribution in [0.3, 0.4) is 0 Å². The molecule has 1 amide bonds. The molecule has 1 fully saturated rings. The van der Waals surface area contributed by atoms with E-state index in [2.05, 4.69) is 15.0 Å². The first-order valence-electron chi connectivity index (χ1n) is 9.26. The fourth-order valence-electron chi connectivity index (χ4n) is 2.96. The lowest BCUT2D eigenvalue weighted by Gasteiger charge is -2.30. The number of amides is 1. The average molecular weight is 435 g/mol. The molecule has 0 unspecified atom stereocenters. The Balaban J connectivity index is 1.91. The van der Waals surface area contributed by atoms with E-state index in [0.29, 0.717) is 18.4 Å². The maximum absolute atomic E-state index is 14.2. The highest BCUT2D eigenvalue weighted by molar-refractivity contribution is 7.89. The molecule has 1 aliphatic rings. The first kappa shape index (κ1) is 21.8. The van der Waals surface area contributed by atoms with Crippen molar-refractivity contribution in [3.8, 4) is 0 Å². The number of benzene rings is 1. The number of methoxy groups -OCH3 is 1. The van der Waals surface area contributed by atoms with Crippen molar-refractivity contribution in [2.75, 3.05) is 7.11 Å². The van der Waals surface area contributed by atoms with Gasteiger partial charge < -0.3 is 10.1 Å². The Morgan fingerprint density at radius 2 is 1.90 bits per heavy atom. The number of nitrogens with one attached hydrogen (secondary N) is 2. The third-order valence-corrected chi connectivity index (χ3v) is 6.35. The molecule has 1 saturated carbocycles. The second kappa shape index (κ2) is 8.49. The van der Waals surface area contributed by atoms with Crippen LogP contribution in [0.5, 0.6) is 0 Å². The van der Waals surface area contributed by atoms with Gasteiger partial charge in [-0.3, -0.25) is 14.6 Å². The summed E-state index contributed by atoms with van der Waals surface area (Å²) in [6.07, 6.45) is 4.25. The van der Waals surface area contributed by atoms with Gasteiger partial charge in [0.2, 0.25) is 10.0 Å². The molecule has 30 heavy (non-hydrogen) atoms. The van der Waals surface area contributed by atoms with Crippen LogP contribution in [0.15, 0.2) is 47.6 Å². The lowest BCUT2D eigenvalue weighted by atomic mass is 9.89. The predicted molar refractivity (Wildman–Crippen MR) is 105 cm³/mol. The number of aromatic nitrogens is 1. The second-order valence-corrected chi connectivity index (χ2v) is 9.00. The Morgan fingerprint density at radius 1 is 1.23 bits per heavy atom. The van der Waals surface area contributed by atoms with Gasteiger partial charge >= 0.3 is 5.97 Å². The highest BCUT2D eigenvalue weighted by Gasteiger charge is 2.34. The fourth-order valence-corrected chi connectivity index (χ4v) is 4.36. The molecule has 2 N–H and O–H groups in total. The molecule has 0 spiro atoms. The van der Waals surface area contributed by atoms with Crippen molar-refractivity contribution < 1.29 is 27.1 Å². The van der Waals surface area contributed by atoms with Crippen LogP contribution >= 0.6 is 0 Å². The van der Waals surface area contributed by atoms with Gasteiger partial charge in [0.15, 0.2) is 0 Å². The Bertz CT molecular complexity index is 1060. The summed E-state index contributed by atoms with van der Waals surface area (Å²) in [5.74, 6) is -2.17. The molecular formula is C20H22FN3O5S. The largest absolute Gasteiger partial charge is 0.469 e. The van der Waals surface area contributed by atoms with Crippen LogP contribution in [0.1, 0.15) is 42.1 Å². The van der Waals surface area contributed by atoms with Gasteiger partial charge in [0.05, 0.1) is 19.1 Å². The highest BCUT2D eigenvalue weighted by Crippen LogP contribution is 2.27. The smallest absolute Gasteiger partial charge is 0.308 e. The van der Waals surface area contributed by atoms with Crippen molar-refractivity contribution in [2.24, 2.45) is 0 Å². The summed E-state index contributed by atoms with van der Waals surface area (Å²) in [5, 5.41) is 2.74. The monoisotopic (exact) mass is 435 g/mol. The number of carbonyl (C=O) groups is 2. The summed E-state index contributed by atoms with van der Waals surface area (Å²) in [5.41, 5.74) is -0.619. The minimum Gasteiger partial charge on any atom is -0.469 e. The molecule has 0 bridgehead atoms. The van der Waals surface area contributed by atoms with E-state index in [0.717, 1.165) is 12.1 Å². The molecule has 1 aliphatic carbocycles. The van der Waals surface area contributed by atoms with Gasteiger partial charge in [-0.1, -0.05) is 0 Å². The molecule has 1 atom stereocenters. The SMILES string of the molecule is COC(=O)C[C@](C)(NC(=O)c1ccc(F)c(S(=O)(=O)NC2CC2)c1)c1ccncc1. The first-order valence-corrected chi connectivity index (χ1v) is 10.7. The van der Waals surface area contributed by atoms with Crippen LogP contribution in [0, 0.1) is 5.82 Å². The molecule has 2 aromatic rings. The summed E-state index contributed by atoms with van der Waals surface area (Å²) in [7, 11) is -2.85. The van der Waals surface area contributed by atoms with Gasteiger partial charge in [0.25, 0.3) is 5.91 Å². The summed E-state index contributed by atoms with van der Waals surface area (Å²) in [6, 6.07) is 6.18. The number of sulfonamides is 1. The summed E-state index contributed by atoms with van der Waals surface area (Å²) in [6.45, 7) is 1.63. The van der Waals surface area contributed by atoms with Crippen LogP contribution in [-0.4, -0.2) is 38.4 Å². The van der Waals surface area contributed by atoms with Gasteiger partial charge in [0.1, 0.15) is 10.7 Å². The van der Waals surface area contributed by atoms with E-state index in [1.807, 2.05) is 0 Å². The molecule has 3 rings (SSSR count). The van der Waals surface area contributed by atoms with E-state index in [1.165, 1.54) is 25.6 Å². The molecule has 0 saturated heterocycles. The predicted octanol–water partition coefficient (Wildman–Crippen LogP) is 1.87. The maximum atomic E-state index is 14.2. The van der Waals surface area contributed by atoms with Gasteiger partial charge in [-0.15, -0.1) is 0 Å². The Labute approximate surface area is 173 Å². The lowest BCUT2D eigenvalue weighted by molar-refractivity contribution is -0.142. The van der Waals surface area contributed by atoms with Crippen molar-refractivity contribution in [1.29, 1.82) is 0 Å². The highest BCUT2D eigenvalue weighted by atomic mass is 32.2. The van der Waals surface area contributed by atoms with E-state index in [9.17, 15) is 22.4 Å². The number of rotatable bonds is 8. The zero-order valence-electron chi connectivity index (χ0n) is 16.5. The van der Waals surface area contributed by atoms with Crippen molar-refractivity contribution in [2.45, 2.75) is 42.7 Å². The van der Waals surface area contributed by atoms with Crippen molar-refractivity contribution >= 4 is 21.9 Å². The van der Waals surface area contributed by atoms with Gasteiger partial charge in [-0.2, -0.15) is 0 Å². The summed E-state index contributed by atoms with van der Waals surface area (Å²) >= 11 is 0. The Morgan fingerprint density at radius 3 is 2.50 bits per heavy atom. The maximum Gasteiger partial charge on any atom is 0.308 e. The van der Waals surface area contributed by atoms with Gasteiger partial charge in [-0.25, -0.2) is 17.5 Å². The van der Waals surface area contributed by atoms with Crippen LogP contribution < -0.4 is 10.0 Å². The van der Waals surface area contributed by atoms with Gasteiger partial charge in [0, 0.05) is 24.0 Å². The van der Waals surface area contributed by atoms with Crippen LogP contribution in [0.25, 0.3) is 0 Å². The zero-order chi connectivity index (χ0) is 21.9. The van der Waals surface area contributed by atoms with Crippen LogP contribution in [0.4, 0.5) is 4.39 Å². The van der Waals surface area contributed by atoms with Crippen molar-refractivity contribution in [3.05, 3.63) is 59.7 Å². The Hall–Kier alpha value is -2.85. The van der Waals surface area contributed by atoms with Crippen molar-refractivity contribution in [1.82, 2.24) is 15.0 Å². The summed E-state index contributed by atoms with van der Waals surface area (Å²) in [4.78, 5) is 28.2. The van der Waals surface area contributed by atoms with E-state index in [1.54, 1.807) is 19.1 Å². The number of esters is 1. The second-order valence-electron chi connectivity index (χ2n) is 7.32. The lowest BCUT2D eigenvalue weighted by Crippen LogP contribution is -2.45. The average Bonchev–Trinajstić information content (AvgIpc) is 3.51. The summed E-state index contributed by atoms with van der Waals surface area (Å²) < 4.78 is 46.2. The number of hydrogen-bond donors (Lipinski definition) is 2. The minimum absolute atomic E-state index is 0.0577. The number of nitrogens with zero attached hydrogens (tertiary/aromatic N) is 1.